The van der Waals surface area contributed by atoms with Gasteiger partial charge in [-0.2, -0.15) is 0 Å². The summed E-state index contributed by atoms with van der Waals surface area (Å²) in [5, 5.41) is 6.17. The second-order valence-electron chi connectivity index (χ2n) is 7.87. The van der Waals surface area contributed by atoms with Crippen LogP contribution in [0.15, 0.2) is 115 Å². The summed E-state index contributed by atoms with van der Waals surface area (Å²) in [6.45, 7) is 0. The lowest BCUT2D eigenvalue weighted by Crippen LogP contribution is -2.16. The molecule has 0 saturated heterocycles. The fourth-order valence-corrected chi connectivity index (χ4v) is 4.13. The van der Waals surface area contributed by atoms with Crippen LogP contribution >= 0.6 is 0 Å². The van der Waals surface area contributed by atoms with E-state index in [4.69, 9.17) is 0 Å². The van der Waals surface area contributed by atoms with Crippen molar-refractivity contribution in [2.45, 2.75) is 0 Å². The first kappa shape index (κ1) is 21.2. The van der Waals surface area contributed by atoms with Gasteiger partial charge in [-0.3, -0.25) is 9.59 Å². The molecule has 1 amide bonds. The maximum Gasteiger partial charge on any atom is 0.256 e. The van der Waals surface area contributed by atoms with E-state index in [0.717, 1.165) is 16.8 Å². The standard InChI is InChI=1S/C30H22N2O2/c33-29(24-16-10-19-27-23(24)15-7-8-20-31-27)25-17-9-18-26(28(25)21-11-3-1-4-12-21)30(34)32-22-13-5-2-6-14-22/h1-20,31H,(H,32,34). The number of carbonyl (C=O) groups excluding carboxylic acids is 2. The van der Waals surface area contributed by atoms with Gasteiger partial charge in [0.15, 0.2) is 5.78 Å². The van der Waals surface area contributed by atoms with Crippen molar-refractivity contribution in [1.29, 1.82) is 0 Å². The molecule has 0 aromatic heterocycles. The number of nitrogens with one attached hydrogen (secondary N) is 2. The van der Waals surface area contributed by atoms with Gasteiger partial charge in [0.2, 0.25) is 0 Å². The van der Waals surface area contributed by atoms with E-state index < -0.39 is 0 Å². The van der Waals surface area contributed by atoms with Gasteiger partial charge >= 0.3 is 0 Å². The third kappa shape index (κ3) is 4.17. The number of allylic oxidation sites excluding steroid dienone is 2. The van der Waals surface area contributed by atoms with Gasteiger partial charge in [0.1, 0.15) is 0 Å². The summed E-state index contributed by atoms with van der Waals surface area (Å²) < 4.78 is 0. The predicted octanol–water partition coefficient (Wildman–Crippen LogP) is 6.79. The molecule has 1 aliphatic rings. The SMILES string of the molecule is O=C(Nc1ccccc1)c1cccc(C(=O)c2cccc3c2C=CC=CN3)c1-c1ccccc1. The predicted molar refractivity (Wildman–Crippen MR) is 138 cm³/mol. The highest BCUT2D eigenvalue weighted by Crippen LogP contribution is 2.33. The van der Waals surface area contributed by atoms with E-state index in [1.807, 2.05) is 103 Å². The average molecular weight is 443 g/mol. The molecule has 0 saturated carbocycles. The number of rotatable bonds is 5. The molecule has 2 N–H and O–H groups in total. The Morgan fingerprint density at radius 2 is 1.32 bits per heavy atom. The Kier molecular flexibility index (Phi) is 5.87. The molecule has 0 bridgehead atoms. The van der Waals surface area contributed by atoms with Crippen molar-refractivity contribution < 1.29 is 9.59 Å². The highest BCUT2D eigenvalue weighted by atomic mass is 16.1. The molecule has 5 rings (SSSR count). The molecule has 1 heterocycles. The van der Waals surface area contributed by atoms with E-state index >= 15 is 0 Å². The van der Waals surface area contributed by atoms with E-state index in [2.05, 4.69) is 10.6 Å². The van der Waals surface area contributed by atoms with Crippen molar-refractivity contribution >= 4 is 29.1 Å². The fourth-order valence-electron chi connectivity index (χ4n) is 4.13. The number of carbonyl (C=O) groups is 2. The Morgan fingerprint density at radius 3 is 2.12 bits per heavy atom. The molecule has 4 heteroatoms. The zero-order chi connectivity index (χ0) is 23.3. The number of hydrogen-bond acceptors (Lipinski definition) is 3. The number of ketones is 1. The van der Waals surface area contributed by atoms with Gasteiger partial charge in [-0.05, 0) is 35.9 Å². The molecule has 1 aliphatic heterocycles. The quantitative estimate of drug-likeness (QED) is 0.335. The van der Waals surface area contributed by atoms with Crippen LogP contribution in [0.1, 0.15) is 31.8 Å². The summed E-state index contributed by atoms with van der Waals surface area (Å²) >= 11 is 0. The van der Waals surface area contributed by atoms with Crippen LogP contribution in [0.3, 0.4) is 0 Å². The zero-order valence-electron chi connectivity index (χ0n) is 18.4. The first-order valence-electron chi connectivity index (χ1n) is 11.0. The molecule has 34 heavy (non-hydrogen) atoms. The topological polar surface area (TPSA) is 58.2 Å². The van der Waals surface area contributed by atoms with E-state index in [-0.39, 0.29) is 11.7 Å². The van der Waals surface area contributed by atoms with E-state index in [1.165, 1.54) is 0 Å². The molecule has 0 fully saturated rings. The Bertz CT molecular complexity index is 1420. The molecule has 4 aromatic rings. The Labute approximate surface area is 198 Å². The summed E-state index contributed by atoms with van der Waals surface area (Å²) in [6, 6.07) is 29.8. The maximum atomic E-state index is 13.9. The van der Waals surface area contributed by atoms with Crippen LogP contribution in [0.4, 0.5) is 11.4 Å². The molecule has 0 aliphatic carbocycles. The lowest BCUT2D eigenvalue weighted by molar-refractivity contribution is 0.102. The minimum atomic E-state index is -0.266. The minimum Gasteiger partial charge on any atom is -0.361 e. The smallest absolute Gasteiger partial charge is 0.256 e. The number of hydrogen-bond donors (Lipinski definition) is 2. The van der Waals surface area contributed by atoms with Crippen molar-refractivity contribution in [3.05, 3.63) is 138 Å². The summed E-state index contributed by atoms with van der Waals surface area (Å²) in [7, 11) is 0. The average Bonchev–Trinajstić information content (AvgIpc) is 3.14. The van der Waals surface area contributed by atoms with E-state index in [9.17, 15) is 9.59 Å². The number of fused-ring (bicyclic) bond motifs is 1. The molecule has 0 atom stereocenters. The van der Waals surface area contributed by atoms with Crippen LogP contribution < -0.4 is 10.6 Å². The van der Waals surface area contributed by atoms with Crippen LogP contribution in [-0.4, -0.2) is 11.7 Å². The van der Waals surface area contributed by atoms with Crippen LogP contribution in [0.25, 0.3) is 17.2 Å². The number of para-hydroxylation sites is 1. The number of amides is 1. The normalized spacial score (nSPS) is 11.8. The van der Waals surface area contributed by atoms with Crippen LogP contribution in [0.2, 0.25) is 0 Å². The largest absolute Gasteiger partial charge is 0.361 e. The van der Waals surface area contributed by atoms with Gasteiger partial charge < -0.3 is 10.6 Å². The third-order valence-electron chi connectivity index (χ3n) is 5.71. The van der Waals surface area contributed by atoms with Gasteiger partial charge in [0.05, 0.1) is 0 Å². The van der Waals surface area contributed by atoms with Crippen LogP contribution in [-0.2, 0) is 0 Å². The van der Waals surface area contributed by atoms with Crippen molar-refractivity contribution in [2.24, 2.45) is 0 Å². The molecule has 4 aromatic carbocycles. The van der Waals surface area contributed by atoms with Crippen molar-refractivity contribution in [1.82, 2.24) is 0 Å². The van der Waals surface area contributed by atoms with Gasteiger partial charge in [0.25, 0.3) is 5.91 Å². The first-order chi connectivity index (χ1) is 16.7. The molecule has 164 valence electrons. The molecule has 0 unspecified atom stereocenters. The zero-order valence-corrected chi connectivity index (χ0v) is 18.4. The van der Waals surface area contributed by atoms with Crippen LogP contribution in [0.5, 0.6) is 0 Å². The Hall–Kier alpha value is -4.70. The van der Waals surface area contributed by atoms with Crippen molar-refractivity contribution in [3.8, 4) is 11.1 Å². The lowest BCUT2D eigenvalue weighted by Gasteiger charge is -2.16. The lowest BCUT2D eigenvalue weighted by atomic mass is 9.88. The highest BCUT2D eigenvalue weighted by molar-refractivity contribution is 6.19. The molecule has 0 spiro atoms. The molecule has 4 nitrogen and oxygen atoms in total. The summed E-state index contributed by atoms with van der Waals surface area (Å²) in [4.78, 5) is 27.3. The molecular formula is C30H22N2O2. The Morgan fingerprint density at radius 1 is 0.647 bits per heavy atom. The Balaban J connectivity index is 1.65. The summed E-state index contributed by atoms with van der Waals surface area (Å²) in [5.74, 6) is -0.407. The summed E-state index contributed by atoms with van der Waals surface area (Å²) in [6.07, 6.45) is 7.55. The molecule has 0 radical (unpaired) electrons. The van der Waals surface area contributed by atoms with Gasteiger partial charge in [-0.1, -0.05) is 84.9 Å². The number of anilines is 2. The van der Waals surface area contributed by atoms with E-state index in [1.54, 1.807) is 18.2 Å². The van der Waals surface area contributed by atoms with Gasteiger partial charge in [-0.25, -0.2) is 0 Å². The number of benzene rings is 4. The highest BCUT2D eigenvalue weighted by Gasteiger charge is 2.23. The first-order valence-corrected chi connectivity index (χ1v) is 11.0. The van der Waals surface area contributed by atoms with Gasteiger partial charge in [-0.15, -0.1) is 0 Å². The second-order valence-corrected chi connectivity index (χ2v) is 7.87. The van der Waals surface area contributed by atoms with E-state index in [0.29, 0.717) is 27.9 Å². The summed E-state index contributed by atoms with van der Waals surface area (Å²) in [5.41, 5.74) is 5.28. The van der Waals surface area contributed by atoms with Crippen molar-refractivity contribution in [2.75, 3.05) is 10.6 Å². The van der Waals surface area contributed by atoms with Crippen molar-refractivity contribution in [3.63, 3.8) is 0 Å². The monoisotopic (exact) mass is 442 g/mol. The van der Waals surface area contributed by atoms with Gasteiger partial charge in [0, 0.05) is 45.4 Å². The molecular weight excluding hydrogens is 420 g/mol. The second kappa shape index (κ2) is 9.43. The third-order valence-corrected chi connectivity index (χ3v) is 5.71. The maximum absolute atomic E-state index is 13.9. The minimum absolute atomic E-state index is 0.140. The van der Waals surface area contributed by atoms with Crippen LogP contribution in [0, 0.1) is 0 Å². The fraction of sp³-hybridized carbons (Fsp3) is 0.